The number of anilines is 1. The summed E-state index contributed by atoms with van der Waals surface area (Å²) in [7, 11) is 0. The molecule has 4 rings (SSSR count). The summed E-state index contributed by atoms with van der Waals surface area (Å²) in [5.74, 6) is -0.700. The Balaban J connectivity index is 1.32. The van der Waals surface area contributed by atoms with Gasteiger partial charge >= 0.3 is 0 Å². The highest BCUT2D eigenvalue weighted by Gasteiger charge is 2.34. The van der Waals surface area contributed by atoms with Gasteiger partial charge in [0.15, 0.2) is 16.6 Å². The molecule has 2 N–H and O–H groups in total. The number of carbonyl (C=O) groups excluding carboxylic acids is 2. The quantitative estimate of drug-likeness (QED) is 0.513. The lowest BCUT2D eigenvalue weighted by atomic mass is 10.2. The van der Waals surface area contributed by atoms with E-state index in [9.17, 15) is 18.4 Å². The Bertz CT molecular complexity index is 1110. The Morgan fingerprint density at radius 2 is 1.97 bits per heavy atom. The molecule has 2 aromatic rings. The lowest BCUT2D eigenvalue weighted by Gasteiger charge is -2.15. The largest absolute Gasteiger partial charge is 0.454 e. The standard InChI is InChI=1S/C20H15F2N3O4S2/c21-12-2-3-14(13(22)9-12)24-19(30)23-5-6-25-18(26)17(31-20(25)27)8-11-1-4-15-16(7-11)29-10-28-15/h1-4,7-9H,5-6,10H2,(H2,23,24,30)/b17-8+. The number of nitrogens with one attached hydrogen (secondary N) is 2. The number of benzene rings is 2. The average Bonchev–Trinajstić information content (AvgIpc) is 3.29. The number of ether oxygens (including phenoxy) is 2. The predicted octanol–water partition coefficient (Wildman–Crippen LogP) is 3.72. The first-order valence-electron chi connectivity index (χ1n) is 9.05. The van der Waals surface area contributed by atoms with Crippen molar-refractivity contribution in [3.63, 3.8) is 0 Å². The van der Waals surface area contributed by atoms with E-state index in [0.717, 1.165) is 28.8 Å². The molecular weight excluding hydrogens is 448 g/mol. The van der Waals surface area contributed by atoms with Gasteiger partial charge in [0, 0.05) is 19.2 Å². The van der Waals surface area contributed by atoms with Crippen LogP contribution in [0, 0.1) is 11.6 Å². The zero-order valence-corrected chi connectivity index (χ0v) is 17.4. The smallest absolute Gasteiger partial charge is 0.293 e. The van der Waals surface area contributed by atoms with Gasteiger partial charge in [-0.1, -0.05) is 6.07 Å². The van der Waals surface area contributed by atoms with Crippen molar-refractivity contribution in [3.8, 4) is 11.5 Å². The van der Waals surface area contributed by atoms with Gasteiger partial charge in [-0.2, -0.15) is 0 Å². The molecule has 0 bridgehead atoms. The summed E-state index contributed by atoms with van der Waals surface area (Å²) in [6.45, 7) is 0.369. The van der Waals surface area contributed by atoms with E-state index in [1.165, 1.54) is 6.07 Å². The number of hydrogen-bond acceptors (Lipinski definition) is 6. The van der Waals surface area contributed by atoms with Crippen LogP contribution in [0.5, 0.6) is 11.5 Å². The van der Waals surface area contributed by atoms with E-state index in [1.54, 1.807) is 24.3 Å². The molecule has 2 aliphatic heterocycles. The third-order valence-corrected chi connectivity index (χ3v) is 5.52. The summed E-state index contributed by atoms with van der Waals surface area (Å²) in [4.78, 5) is 26.2. The Hall–Kier alpha value is -3.18. The minimum Gasteiger partial charge on any atom is -0.454 e. The van der Waals surface area contributed by atoms with Crippen LogP contribution >= 0.6 is 24.0 Å². The molecule has 2 aromatic carbocycles. The third-order valence-electron chi connectivity index (χ3n) is 4.37. The van der Waals surface area contributed by atoms with E-state index in [1.807, 2.05) is 0 Å². The number of amides is 2. The molecule has 0 aliphatic carbocycles. The SMILES string of the molecule is O=C1S/C(=C/c2ccc3c(c2)OCO3)C(=O)N1CCNC(=S)Nc1ccc(F)cc1F. The number of carbonyl (C=O) groups is 2. The number of thioether (sulfide) groups is 1. The molecule has 1 saturated heterocycles. The molecular formula is C20H15F2N3O4S2. The molecule has 0 saturated carbocycles. The monoisotopic (exact) mass is 463 g/mol. The van der Waals surface area contributed by atoms with Crippen LogP contribution in [0.3, 0.4) is 0 Å². The number of thiocarbonyl (C=S) groups is 1. The Morgan fingerprint density at radius 3 is 2.77 bits per heavy atom. The number of imide groups is 1. The summed E-state index contributed by atoms with van der Waals surface area (Å²) in [6, 6.07) is 8.28. The maximum Gasteiger partial charge on any atom is 0.293 e. The normalized spacial score (nSPS) is 16.2. The van der Waals surface area contributed by atoms with Crippen molar-refractivity contribution in [2.75, 3.05) is 25.2 Å². The molecule has 160 valence electrons. The summed E-state index contributed by atoms with van der Waals surface area (Å²) in [6.07, 6.45) is 1.61. The van der Waals surface area contributed by atoms with Crippen LogP contribution < -0.4 is 20.1 Å². The van der Waals surface area contributed by atoms with E-state index in [4.69, 9.17) is 21.7 Å². The fraction of sp³-hybridized carbons (Fsp3) is 0.150. The molecule has 0 spiro atoms. The first-order chi connectivity index (χ1) is 14.9. The minimum atomic E-state index is -0.788. The van der Waals surface area contributed by atoms with Gasteiger partial charge in [-0.3, -0.25) is 14.5 Å². The highest BCUT2D eigenvalue weighted by atomic mass is 32.2. The van der Waals surface area contributed by atoms with Crippen LogP contribution in [-0.4, -0.2) is 41.0 Å². The lowest BCUT2D eigenvalue weighted by molar-refractivity contribution is -0.122. The van der Waals surface area contributed by atoms with Gasteiger partial charge in [-0.05, 0) is 59.9 Å². The maximum atomic E-state index is 13.7. The summed E-state index contributed by atoms with van der Waals surface area (Å²) in [5, 5.41) is 5.06. The van der Waals surface area contributed by atoms with Gasteiger partial charge in [-0.25, -0.2) is 8.78 Å². The molecule has 2 aliphatic rings. The zero-order valence-electron chi connectivity index (χ0n) is 15.8. The van der Waals surface area contributed by atoms with Crippen LogP contribution in [0.2, 0.25) is 0 Å². The topological polar surface area (TPSA) is 79.9 Å². The summed E-state index contributed by atoms with van der Waals surface area (Å²) < 4.78 is 37.2. The number of hydrogen-bond donors (Lipinski definition) is 2. The van der Waals surface area contributed by atoms with Crippen LogP contribution in [0.4, 0.5) is 19.3 Å². The fourth-order valence-electron chi connectivity index (χ4n) is 2.89. The van der Waals surface area contributed by atoms with Gasteiger partial charge < -0.3 is 20.1 Å². The minimum absolute atomic E-state index is 0.0109. The second-order valence-electron chi connectivity index (χ2n) is 6.45. The molecule has 0 radical (unpaired) electrons. The van der Waals surface area contributed by atoms with Crippen molar-refractivity contribution >= 4 is 52.0 Å². The van der Waals surface area contributed by atoms with Crippen molar-refractivity contribution < 1.29 is 27.8 Å². The number of nitrogens with zero attached hydrogens (tertiary/aromatic N) is 1. The maximum absolute atomic E-state index is 13.7. The van der Waals surface area contributed by atoms with E-state index in [0.29, 0.717) is 17.1 Å². The Morgan fingerprint density at radius 1 is 1.16 bits per heavy atom. The third kappa shape index (κ3) is 4.78. The van der Waals surface area contributed by atoms with Gasteiger partial charge in [0.2, 0.25) is 6.79 Å². The lowest BCUT2D eigenvalue weighted by Crippen LogP contribution is -2.38. The molecule has 7 nitrogen and oxygen atoms in total. The van der Waals surface area contributed by atoms with Crippen LogP contribution in [0.25, 0.3) is 6.08 Å². The first kappa shape index (κ1) is 21.1. The number of fused-ring (bicyclic) bond motifs is 1. The average molecular weight is 463 g/mol. The van der Waals surface area contributed by atoms with E-state index >= 15 is 0 Å². The van der Waals surface area contributed by atoms with E-state index in [2.05, 4.69) is 10.6 Å². The van der Waals surface area contributed by atoms with Crippen molar-refractivity contribution in [2.45, 2.75) is 0 Å². The van der Waals surface area contributed by atoms with Crippen molar-refractivity contribution in [2.24, 2.45) is 0 Å². The molecule has 11 heteroatoms. The molecule has 0 atom stereocenters. The fourth-order valence-corrected chi connectivity index (χ4v) is 3.96. The summed E-state index contributed by atoms with van der Waals surface area (Å²) >= 11 is 5.91. The Kier molecular flexibility index (Phi) is 6.05. The zero-order chi connectivity index (χ0) is 22.0. The molecule has 2 heterocycles. The van der Waals surface area contributed by atoms with Gasteiger partial charge in [0.1, 0.15) is 11.6 Å². The number of halogens is 2. The highest BCUT2D eigenvalue weighted by Crippen LogP contribution is 2.36. The van der Waals surface area contributed by atoms with Gasteiger partial charge in [0.05, 0.1) is 10.6 Å². The molecule has 0 aromatic heterocycles. The van der Waals surface area contributed by atoms with Crippen LogP contribution in [-0.2, 0) is 4.79 Å². The second-order valence-corrected chi connectivity index (χ2v) is 7.85. The second kappa shape index (κ2) is 8.90. The van der Waals surface area contributed by atoms with Gasteiger partial charge in [0.25, 0.3) is 11.1 Å². The predicted molar refractivity (Wildman–Crippen MR) is 116 cm³/mol. The van der Waals surface area contributed by atoms with Crippen LogP contribution in [0.1, 0.15) is 5.56 Å². The van der Waals surface area contributed by atoms with Crippen LogP contribution in [0.15, 0.2) is 41.3 Å². The molecule has 2 amide bonds. The number of rotatable bonds is 5. The highest BCUT2D eigenvalue weighted by molar-refractivity contribution is 8.18. The van der Waals surface area contributed by atoms with Crippen molar-refractivity contribution in [3.05, 3.63) is 58.5 Å². The molecule has 0 unspecified atom stereocenters. The van der Waals surface area contributed by atoms with E-state index < -0.39 is 22.8 Å². The Labute approximate surface area is 185 Å². The van der Waals surface area contributed by atoms with E-state index in [-0.39, 0.29) is 35.6 Å². The van der Waals surface area contributed by atoms with Crippen molar-refractivity contribution in [1.29, 1.82) is 0 Å². The molecule has 31 heavy (non-hydrogen) atoms. The first-order valence-corrected chi connectivity index (χ1v) is 10.3. The van der Waals surface area contributed by atoms with Gasteiger partial charge in [-0.15, -0.1) is 0 Å². The summed E-state index contributed by atoms with van der Waals surface area (Å²) in [5.41, 5.74) is 0.719. The van der Waals surface area contributed by atoms with Crippen molar-refractivity contribution in [1.82, 2.24) is 10.2 Å². The molecule has 1 fully saturated rings.